The Morgan fingerprint density at radius 2 is 2.17 bits per heavy atom. The molecule has 0 aromatic heterocycles. The van der Waals surface area contributed by atoms with Crippen molar-refractivity contribution in [2.24, 2.45) is 11.8 Å². The molecular formula is C22H26N2O5. The third-order valence-corrected chi connectivity index (χ3v) is 7.32. The van der Waals surface area contributed by atoms with Gasteiger partial charge in [-0.3, -0.25) is 9.69 Å². The number of benzene rings is 1. The number of nitrogens with one attached hydrogen (secondary N) is 1. The number of methoxy groups -OCH3 is 2. The van der Waals surface area contributed by atoms with Crippen molar-refractivity contribution >= 4 is 17.6 Å². The van der Waals surface area contributed by atoms with Gasteiger partial charge in [0.05, 0.1) is 19.6 Å². The molecule has 2 saturated heterocycles. The number of carbonyl (C=O) groups is 2. The van der Waals surface area contributed by atoms with Gasteiger partial charge in [-0.1, -0.05) is 0 Å². The van der Waals surface area contributed by atoms with Gasteiger partial charge in [0, 0.05) is 24.2 Å². The third kappa shape index (κ3) is 2.53. The van der Waals surface area contributed by atoms with Crippen LogP contribution in [0.4, 0.5) is 5.69 Å². The van der Waals surface area contributed by atoms with E-state index in [-0.39, 0.29) is 24.0 Å². The quantitative estimate of drug-likeness (QED) is 0.769. The Balaban J connectivity index is 1.53. The van der Waals surface area contributed by atoms with Gasteiger partial charge >= 0.3 is 5.97 Å². The minimum Gasteiger partial charge on any atom is -0.497 e. The van der Waals surface area contributed by atoms with Crippen molar-refractivity contribution < 1.29 is 23.8 Å². The van der Waals surface area contributed by atoms with Crippen LogP contribution in [0.5, 0.6) is 5.75 Å². The molecule has 0 bridgehead atoms. The highest BCUT2D eigenvalue weighted by atomic mass is 16.6. The first-order chi connectivity index (χ1) is 14.0. The second-order valence-electron chi connectivity index (χ2n) is 8.51. The van der Waals surface area contributed by atoms with Gasteiger partial charge in [0.15, 0.2) is 0 Å². The summed E-state index contributed by atoms with van der Waals surface area (Å²) >= 11 is 0. The number of rotatable bonds is 2. The molecule has 4 aliphatic heterocycles. The van der Waals surface area contributed by atoms with Crippen molar-refractivity contribution in [3.8, 4) is 5.75 Å². The van der Waals surface area contributed by atoms with E-state index in [1.165, 1.54) is 7.11 Å². The fourth-order valence-electron chi connectivity index (χ4n) is 5.85. The van der Waals surface area contributed by atoms with Crippen LogP contribution >= 0.6 is 0 Å². The van der Waals surface area contributed by atoms with E-state index in [1.807, 2.05) is 31.2 Å². The number of amides is 1. The Labute approximate surface area is 170 Å². The van der Waals surface area contributed by atoms with E-state index >= 15 is 0 Å². The second kappa shape index (κ2) is 6.49. The summed E-state index contributed by atoms with van der Waals surface area (Å²) in [6.07, 6.45) is 3.44. The summed E-state index contributed by atoms with van der Waals surface area (Å²) in [6, 6.07) is 5.90. The lowest BCUT2D eigenvalue weighted by atomic mass is 9.68. The van der Waals surface area contributed by atoms with Crippen LogP contribution in [-0.2, 0) is 24.5 Å². The number of nitrogens with zero attached hydrogens (tertiary/aromatic N) is 1. The van der Waals surface area contributed by atoms with Gasteiger partial charge < -0.3 is 19.5 Å². The summed E-state index contributed by atoms with van der Waals surface area (Å²) in [5.74, 6) is 1.16. The minimum absolute atomic E-state index is 0.0682. The topological polar surface area (TPSA) is 77.1 Å². The average molecular weight is 398 g/mol. The average Bonchev–Trinajstić information content (AvgIpc) is 3.24. The number of carbonyl (C=O) groups excluding carboxylic acids is 2. The zero-order valence-electron chi connectivity index (χ0n) is 16.9. The predicted octanol–water partition coefficient (Wildman–Crippen LogP) is 2.07. The monoisotopic (exact) mass is 398 g/mol. The van der Waals surface area contributed by atoms with Gasteiger partial charge in [-0.25, -0.2) is 4.79 Å². The zero-order valence-corrected chi connectivity index (χ0v) is 16.9. The number of ether oxygens (including phenoxy) is 3. The van der Waals surface area contributed by atoms with Gasteiger partial charge in [-0.15, -0.1) is 0 Å². The maximum atomic E-state index is 13.3. The fourth-order valence-corrected chi connectivity index (χ4v) is 5.85. The maximum absolute atomic E-state index is 13.3. The van der Waals surface area contributed by atoms with E-state index in [0.717, 1.165) is 42.9 Å². The van der Waals surface area contributed by atoms with Gasteiger partial charge in [0.2, 0.25) is 11.7 Å². The lowest BCUT2D eigenvalue weighted by Crippen LogP contribution is -2.55. The van der Waals surface area contributed by atoms with Crippen LogP contribution in [0.1, 0.15) is 25.3 Å². The number of hydrogen-bond donors (Lipinski definition) is 1. The molecule has 1 N–H and O–H groups in total. The van der Waals surface area contributed by atoms with Crippen LogP contribution < -0.4 is 10.1 Å². The Hall–Kier alpha value is -2.54. The molecule has 0 radical (unpaired) electrons. The molecule has 0 unspecified atom stereocenters. The molecule has 7 nitrogen and oxygen atoms in total. The zero-order chi connectivity index (χ0) is 20.3. The Bertz CT molecular complexity index is 912. The van der Waals surface area contributed by atoms with E-state index in [1.54, 1.807) is 7.11 Å². The van der Waals surface area contributed by atoms with Crippen molar-refractivity contribution in [1.29, 1.82) is 0 Å². The molecule has 7 heteroatoms. The van der Waals surface area contributed by atoms with E-state index in [9.17, 15) is 9.59 Å². The summed E-state index contributed by atoms with van der Waals surface area (Å²) in [5, 5.41) is 3.10. The summed E-state index contributed by atoms with van der Waals surface area (Å²) in [7, 11) is 3.01. The number of piperidine rings is 1. The van der Waals surface area contributed by atoms with E-state index in [2.05, 4.69) is 10.2 Å². The lowest BCUT2D eigenvalue weighted by Gasteiger charge is -2.47. The van der Waals surface area contributed by atoms with Gasteiger partial charge in [-0.05, 0) is 62.1 Å². The lowest BCUT2D eigenvalue weighted by molar-refractivity contribution is -0.144. The highest BCUT2D eigenvalue weighted by Gasteiger charge is 2.60. The van der Waals surface area contributed by atoms with Crippen LogP contribution in [0.3, 0.4) is 0 Å². The summed E-state index contributed by atoms with van der Waals surface area (Å²) < 4.78 is 16.1. The van der Waals surface area contributed by atoms with Crippen LogP contribution in [-0.4, -0.2) is 56.2 Å². The summed E-state index contributed by atoms with van der Waals surface area (Å²) in [5.41, 5.74) is 1.34. The summed E-state index contributed by atoms with van der Waals surface area (Å²) in [6.45, 7) is 3.75. The Morgan fingerprint density at radius 3 is 2.93 bits per heavy atom. The molecule has 4 aliphatic rings. The fraction of sp³-hybridized carbons (Fsp3) is 0.545. The van der Waals surface area contributed by atoms with E-state index in [4.69, 9.17) is 14.2 Å². The van der Waals surface area contributed by atoms with Crippen molar-refractivity contribution in [3.63, 3.8) is 0 Å². The Morgan fingerprint density at radius 1 is 1.34 bits per heavy atom. The molecule has 5 rings (SSSR count). The van der Waals surface area contributed by atoms with Crippen molar-refractivity contribution in [2.75, 3.05) is 32.6 Å². The minimum atomic E-state index is -0.574. The van der Waals surface area contributed by atoms with Crippen molar-refractivity contribution in [1.82, 2.24) is 4.90 Å². The molecule has 1 spiro atoms. The van der Waals surface area contributed by atoms with Gasteiger partial charge in [0.1, 0.15) is 11.9 Å². The van der Waals surface area contributed by atoms with Crippen LogP contribution in [0.2, 0.25) is 0 Å². The highest BCUT2D eigenvalue weighted by Crippen LogP contribution is 2.53. The van der Waals surface area contributed by atoms with Gasteiger partial charge in [-0.2, -0.15) is 0 Å². The molecule has 1 aromatic rings. The molecule has 1 aromatic carbocycles. The van der Waals surface area contributed by atoms with E-state index in [0.29, 0.717) is 11.7 Å². The molecule has 29 heavy (non-hydrogen) atoms. The smallest absolute Gasteiger partial charge is 0.372 e. The largest absolute Gasteiger partial charge is 0.497 e. The van der Waals surface area contributed by atoms with Crippen LogP contribution in [0.15, 0.2) is 30.0 Å². The number of hydrogen-bond acceptors (Lipinski definition) is 6. The molecule has 1 amide bonds. The first-order valence-corrected chi connectivity index (χ1v) is 10.2. The van der Waals surface area contributed by atoms with Crippen molar-refractivity contribution in [3.05, 3.63) is 35.6 Å². The molecule has 154 valence electrons. The van der Waals surface area contributed by atoms with Crippen LogP contribution in [0.25, 0.3) is 0 Å². The molecule has 0 aliphatic carbocycles. The predicted molar refractivity (Wildman–Crippen MR) is 106 cm³/mol. The molecular weight excluding hydrogens is 372 g/mol. The second-order valence-corrected chi connectivity index (χ2v) is 8.51. The number of allylic oxidation sites excluding steroid dienone is 1. The number of fused-ring (bicyclic) bond motifs is 5. The third-order valence-electron chi connectivity index (χ3n) is 7.32. The first kappa shape index (κ1) is 18.5. The molecule has 5 atom stereocenters. The summed E-state index contributed by atoms with van der Waals surface area (Å²) in [4.78, 5) is 27.7. The normalized spacial score (nSPS) is 35.1. The Kier molecular flexibility index (Phi) is 4.13. The van der Waals surface area contributed by atoms with E-state index < -0.39 is 11.4 Å². The molecule has 4 heterocycles. The highest BCUT2D eigenvalue weighted by molar-refractivity contribution is 6.07. The number of esters is 1. The molecule has 0 saturated carbocycles. The standard InChI is InChI=1S/C22H26N2O5/c1-12-15-11-24-7-6-22(16-10-14(27-2)4-5-17(16)23-21(22)26)19(24)9-13(15)8-18(29-12)20(25)28-3/h4-5,8,10,12-13,15,19H,6-7,9,11H2,1-3H3,(H,23,26)/t12-,13-,15+,19-,22-/m0/s1. The van der Waals surface area contributed by atoms with Crippen LogP contribution in [0, 0.1) is 11.8 Å². The SMILES string of the molecule is COC(=O)C1=C[C@H]2C[C@@H]3N(CC[C@@]34C(=O)Nc3ccc(OC)cc34)C[C@@H]2[C@H](C)O1. The van der Waals surface area contributed by atoms with Crippen molar-refractivity contribution in [2.45, 2.75) is 37.3 Å². The maximum Gasteiger partial charge on any atom is 0.372 e. The first-order valence-electron chi connectivity index (χ1n) is 10.2. The number of anilines is 1. The molecule has 2 fully saturated rings. The van der Waals surface area contributed by atoms with Gasteiger partial charge in [0.25, 0.3) is 0 Å².